The molecule has 0 saturated heterocycles. The molecule has 1 aliphatic carbocycles. The van der Waals surface area contributed by atoms with Crippen LogP contribution in [0.15, 0.2) is 65.1 Å². The van der Waals surface area contributed by atoms with E-state index in [9.17, 15) is 0 Å². The van der Waals surface area contributed by atoms with Gasteiger partial charge in [0.25, 0.3) is 0 Å². The lowest BCUT2D eigenvalue weighted by Crippen LogP contribution is -2.26. The predicted molar refractivity (Wildman–Crippen MR) is 132 cm³/mol. The first kappa shape index (κ1) is 21.9. The number of benzene rings is 3. The third-order valence-corrected chi connectivity index (χ3v) is 5.84. The molecule has 5 nitrogen and oxygen atoms in total. The Morgan fingerprint density at radius 3 is 2.56 bits per heavy atom. The van der Waals surface area contributed by atoms with Crippen LogP contribution < -0.4 is 15.0 Å². The molecule has 0 saturated carbocycles. The Kier molecular flexibility index (Phi) is 6.47. The van der Waals surface area contributed by atoms with Crippen molar-refractivity contribution >= 4 is 16.7 Å². The average Bonchev–Trinajstić information content (AvgIpc) is 2.79. The number of anilines is 1. The van der Waals surface area contributed by atoms with E-state index in [-0.39, 0.29) is 0 Å². The lowest BCUT2D eigenvalue weighted by molar-refractivity contribution is 0.400. The van der Waals surface area contributed by atoms with Crippen LogP contribution in [0.1, 0.15) is 13.3 Å². The monoisotopic (exact) mass is 429 g/mol. The molecule has 0 bridgehead atoms. The van der Waals surface area contributed by atoms with Crippen LogP contribution in [-0.2, 0) is 0 Å². The Hall–Kier alpha value is -3.31. The highest BCUT2D eigenvalue weighted by Crippen LogP contribution is 2.41. The third kappa shape index (κ3) is 4.48. The van der Waals surface area contributed by atoms with Gasteiger partial charge < -0.3 is 24.4 Å². The van der Waals surface area contributed by atoms with Crippen LogP contribution in [0, 0.1) is 5.41 Å². The standard InChI is InChI=1S/C27H31N3O2/c1-5-30(15-7-14-29(2)3)21-11-13-24-26(18-21)32-25-17-20(28)10-12-23(25)27(24)19-8-6-9-22(16-19)31-4/h6,8-13,16-18,28H,5,7,14-15H2,1-4H3. The van der Waals surface area contributed by atoms with E-state index in [0.717, 1.165) is 70.9 Å². The van der Waals surface area contributed by atoms with Crippen molar-refractivity contribution in [2.24, 2.45) is 0 Å². The smallest absolute Gasteiger partial charge is 0.137 e. The van der Waals surface area contributed by atoms with Crippen LogP contribution >= 0.6 is 0 Å². The van der Waals surface area contributed by atoms with Crippen molar-refractivity contribution < 1.29 is 9.15 Å². The Labute approximate surface area is 189 Å². The Morgan fingerprint density at radius 1 is 0.969 bits per heavy atom. The molecule has 5 heteroatoms. The highest BCUT2D eigenvalue weighted by molar-refractivity contribution is 6.02. The molecule has 0 radical (unpaired) electrons. The van der Waals surface area contributed by atoms with Crippen molar-refractivity contribution in [1.29, 1.82) is 5.41 Å². The van der Waals surface area contributed by atoms with Crippen LogP contribution in [0.3, 0.4) is 0 Å². The summed E-state index contributed by atoms with van der Waals surface area (Å²) in [6.45, 7) is 5.18. The summed E-state index contributed by atoms with van der Waals surface area (Å²) < 4.78 is 11.8. The van der Waals surface area contributed by atoms with E-state index in [1.807, 2.05) is 24.3 Å². The van der Waals surface area contributed by atoms with Crippen LogP contribution in [0.2, 0.25) is 0 Å². The molecule has 2 aliphatic rings. The molecule has 2 aromatic carbocycles. The van der Waals surface area contributed by atoms with Gasteiger partial charge in [-0.25, -0.2) is 0 Å². The first-order valence-electron chi connectivity index (χ1n) is 11.1. The van der Waals surface area contributed by atoms with E-state index in [1.54, 1.807) is 13.2 Å². The normalized spacial score (nSPS) is 11.4. The molecule has 1 heterocycles. The van der Waals surface area contributed by atoms with Crippen molar-refractivity contribution in [1.82, 2.24) is 4.90 Å². The zero-order chi connectivity index (χ0) is 22.7. The van der Waals surface area contributed by atoms with Crippen molar-refractivity contribution in [3.63, 3.8) is 0 Å². The second-order valence-corrected chi connectivity index (χ2v) is 8.34. The maximum Gasteiger partial charge on any atom is 0.137 e. The SMILES string of the molecule is CCN(CCCN(C)C)c1ccc2c(-c3cccc(OC)c3)c3ccc(=N)cc-3oc2c1. The summed E-state index contributed by atoms with van der Waals surface area (Å²) in [5.74, 6) is 1.53. The fourth-order valence-electron chi connectivity index (χ4n) is 4.21. The number of ether oxygens (including phenoxy) is 1. The van der Waals surface area contributed by atoms with E-state index in [4.69, 9.17) is 14.6 Å². The molecule has 32 heavy (non-hydrogen) atoms. The van der Waals surface area contributed by atoms with Crippen molar-refractivity contribution in [3.8, 4) is 28.2 Å². The predicted octanol–water partition coefficient (Wildman–Crippen LogP) is 5.47. The van der Waals surface area contributed by atoms with Gasteiger partial charge in [-0.2, -0.15) is 0 Å². The number of nitrogens with zero attached hydrogens (tertiary/aromatic N) is 2. The summed E-state index contributed by atoms with van der Waals surface area (Å²) in [6.07, 6.45) is 1.10. The highest BCUT2D eigenvalue weighted by atomic mass is 16.5. The summed E-state index contributed by atoms with van der Waals surface area (Å²) in [4.78, 5) is 4.60. The lowest BCUT2D eigenvalue weighted by Gasteiger charge is -2.25. The molecule has 4 rings (SSSR count). The molecule has 1 aliphatic heterocycles. The Balaban J connectivity index is 1.87. The van der Waals surface area contributed by atoms with E-state index in [2.05, 4.69) is 61.2 Å². The second-order valence-electron chi connectivity index (χ2n) is 8.34. The quantitative estimate of drug-likeness (QED) is 0.377. The van der Waals surface area contributed by atoms with Crippen molar-refractivity contribution in [3.05, 3.63) is 66.0 Å². The van der Waals surface area contributed by atoms with Gasteiger partial charge in [0.15, 0.2) is 0 Å². The van der Waals surface area contributed by atoms with Gasteiger partial charge in [-0.05, 0) is 75.9 Å². The summed E-state index contributed by atoms with van der Waals surface area (Å²) in [6, 6.07) is 20.2. The number of nitrogens with one attached hydrogen (secondary N) is 1. The van der Waals surface area contributed by atoms with Crippen molar-refractivity contribution in [2.75, 3.05) is 45.7 Å². The summed E-state index contributed by atoms with van der Waals surface area (Å²) >= 11 is 0. The maximum absolute atomic E-state index is 8.08. The van der Waals surface area contributed by atoms with Crippen LogP contribution in [-0.4, -0.2) is 45.7 Å². The summed E-state index contributed by atoms with van der Waals surface area (Å²) in [5.41, 5.74) is 5.14. The fourth-order valence-corrected chi connectivity index (χ4v) is 4.21. The molecule has 0 unspecified atom stereocenters. The minimum absolute atomic E-state index is 0.437. The van der Waals surface area contributed by atoms with Gasteiger partial charge in [0.2, 0.25) is 0 Å². The van der Waals surface area contributed by atoms with Gasteiger partial charge in [-0.3, -0.25) is 0 Å². The Morgan fingerprint density at radius 2 is 1.81 bits per heavy atom. The third-order valence-electron chi connectivity index (χ3n) is 5.84. The minimum Gasteiger partial charge on any atom is -0.497 e. The first-order valence-corrected chi connectivity index (χ1v) is 11.1. The van der Waals surface area contributed by atoms with Crippen LogP contribution in [0.4, 0.5) is 5.69 Å². The second kappa shape index (κ2) is 9.45. The number of fused-ring (bicyclic) bond motifs is 2. The fraction of sp³-hybridized carbons (Fsp3) is 0.296. The van der Waals surface area contributed by atoms with Gasteiger partial charge in [-0.1, -0.05) is 12.1 Å². The number of rotatable bonds is 8. The maximum atomic E-state index is 8.08. The molecule has 1 N–H and O–H groups in total. The molecular formula is C27H31N3O2. The number of methoxy groups -OCH3 is 1. The van der Waals surface area contributed by atoms with Gasteiger partial charge in [0.1, 0.15) is 17.1 Å². The van der Waals surface area contributed by atoms with Gasteiger partial charge in [0.05, 0.1) is 12.5 Å². The van der Waals surface area contributed by atoms with Crippen molar-refractivity contribution in [2.45, 2.75) is 13.3 Å². The zero-order valence-electron chi connectivity index (χ0n) is 19.3. The molecule has 0 spiro atoms. The average molecular weight is 430 g/mol. The highest BCUT2D eigenvalue weighted by Gasteiger charge is 2.18. The van der Waals surface area contributed by atoms with Gasteiger partial charge in [0, 0.05) is 47.4 Å². The van der Waals surface area contributed by atoms with Crippen LogP contribution in [0.5, 0.6) is 5.75 Å². The first-order chi connectivity index (χ1) is 15.5. The number of hydrogen-bond donors (Lipinski definition) is 1. The molecule has 166 valence electrons. The topological polar surface area (TPSA) is 52.7 Å². The van der Waals surface area contributed by atoms with E-state index < -0.39 is 0 Å². The lowest BCUT2D eigenvalue weighted by atomic mass is 9.93. The molecule has 2 aromatic rings. The summed E-state index contributed by atoms with van der Waals surface area (Å²) in [7, 11) is 5.90. The molecule has 0 fully saturated rings. The van der Waals surface area contributed by atoms with E-state index in [0.29, 0.717) is 5.36 Å². The van der Waals surface area contributed by atoms with Gasteiger partial charge in [-0.15, -0.1) is 0 Å². The number of hydrogen-bond acceptors (Lipinski definition) is 5. The van der Waals surface area contributed by atoms with Gasteiger partial charge >= 0.3 is 0 Å². The zero-order valence-corrected chi connectivity index (χ0v) is 19.3. The minimum atomic E-state index is 0.437. The molecule has 0 amide bonds. The van der Waals surface area contributed by atoms with Crippen LogP contribution in [0.25, 0.3) is 33.4 Å². The van der Waals surface area contributed by atoms with E-state index in [1.165, 1.54) is 0 Å². The molecule has 0 atom stereocenters. The molecular weight excluding hydrogens is 398 g/mol. The molecule has 0 aromatic heterocycles. The van der Waals surface area contributed by atoms with E-state index >= 15 is 0 Å². The Bertz CT molecular complexity index is 1250. The largest absolute Gasteiger partial charge is 0.497 e. The summed E-state index contributed by atoms with van der Waals surface area (Å²) in [5, 5.41) is 9.57.